The smallest absolute Gasteiger partial charge is 0.433 e. The maximum absolute atomic E-state index is 14.6. The molecule has 0 radical (unpaired) electrons. The summed E-state index contributed by atoms with van der Waals surface area (Å²) in [6.45, 7) is 11.5. The zero-order valence-corrected chi connectivity index (χ0v) is 50.7. The second kappa shape index (κ2) is 26.2. The normalized spacial score (nSPS) is 21.2. The summed E-state index contributed by atoms with van der Waals surface area (Å²) in [5, 5.41) is 13.9. The molecule has 458 valence electrons. The largest absolute Gasteiger partial charge is 0.494 e. The number of anilines is 1. The Morgan fingerprint density at radius 3 is 2.32 bits per heavy atom. The van der Waals surface area contributed by atoms with Gasteiger partial charge in [0.05, 0.1) is 37.0 Å². The summed E-state index contributed by atoms with van der Waals surface area (Å²) in [6.07, 6.45) is 14.2. The van der Waals surface area contributed by atoms with E-state index < -0.39 is 47.5 Å². The maximum atomic E-state index is 14.6. The number of likely N-dealkylation sites (N-methyl/N-ethyl adjacent to an activating group) is 1. The molecule has 0 unspecified atom stereocenters. The van der Waals surface area contributed by atoms with Crippen LogP contribution < -0.4 is 20.1 Å². The van der Waals surface area contributed by atoms with E-state index in [1.807, 2.05) is 27.9 Å². The van der Waals surface area contributed by atoms with E-state index in [0.29, 0.717) is 75.8 Å². The Balaban J connectivity index is 0.639. The van der Waals surface area contributed by atoms with Gasteiger partial charge in [-0.25, -0.2) is 14.8 Å². The number of piperidine rings is 1. The predicted octanol–water partition coefficient (Wildman–Crippen LogP) is 12.5. The number of amides is 4. The van der Waals surface area contributed by atoms with Crippen molar-refractivity contribution in [2.75, 3.05) is 52.3 Å². The lowest BCUT2D eigenvalue weighted by atomic mass is 9.56. The number of ether oxygens (including phenoxy) is 3. The number of carbonyl (C=O) groups excluding carboxylic acids is 5. The van der Waals surface area contributed by atoms with Gasteiger partial charge < -0.3 is 34.6 Å². The SMILES string of the molecule is COc1cc2nn(C3CCC(CN4CCC5(CC4)CC(CCCOc4cccc(C(=O)c6csc([C@@H]7CCCN7C(=O)[C@@H](NC(=O)[C@H](C)N(C)C(=O)OC(C)(C)C)C7CCCCC7)n6)c4)C5)CC3)cc2cc1NC(=O)c1cccc(C(F)(F)F)n1. The highest BCUT2D eigenvalue weighted by atomic mass is 32.1. The van der Waals surface area contributed by atoms with Gasteiger partial charge in [-0.3, -0.25) is 28.8 Å². The zero-order chi connectivity index (χ0) is 60.2. The van der Waals surface area contributed by atoms with E-state index in [0.717, 1.165) is 114 Å². The standard InChI is InChI=1S/C64H82F3N9O8S/c1-40(73(5)61(81)84-62(2,3)4)57(78)71-55(43-15-8-7-9-16-43)60(80)75-28-12-20-52(75)59-70-51(39-85-59)56(77)44-17-10-18-47(32-44)83-31-13-14-42-35-63(36-42)26-29-74(30-27-63)37-41-22-24-46(25-23-41)76-38-45-33-50(53(82-6)34-49(45)72-76)69-58(79)48-19-11-21-54(68-48)64(65,66)67/h10-11,17-19,21,32-34,38-43,46,52,55H,7-9,12-16,20,22-31,35-37H2,1-6H3,(H,69,79)(H,71,78)/t40-,41?,46?,52-,55-/m0/s1. The third-order valence-corrected chi connectivity index (χ3v) is 19.4. The lowest BCUT2D eigenvalue weighted by molar-refractivity contribution is -0.141. The number of nitrogens with zero attached hydrogens (tertiary/aromatic N) is 7. The third-order valence-electron chi connectivity index (χ3n) is 18.5. The summed E-state index contributed by atoms with van der Waals surface area (Å²) in [5.74, 6) is 0.778. The summed E-state index contributed by atoms with van der Waals surface area (Å²) in [6, 6.07) is 12.3. The molecule has 5 aliphatic rings. The van der Waals surface area contributed by atoms with Gasteiger partial charge in [-0.15, -0.1) is 11.3 Å². The first-order chi connectivity index (χ1) is 40.6. The van der Waals surface area contributed by atoms with Gasteiger partial charge in [0.2, 0.25) is 17.6 Å². The van der Waals surface area contributed by atoms with Crippen LogP contribution in [-0.4, -0.2) is 129 Å². The van der Waals surface area contributed by atoms with Crippen molar-refractivity contribution in [1.82, 2.24) is 39.8 Å². The lowest BCUT2D eigenvalue weighted by Crippen LogP contribution is -2.56. The molecule has 17 nitrogen and oxygen atoms in total. The Bertz CT molecular complexity index is 3190. The van der Waals surface area contributed by atoms with Crippen LogP contribution in [0.25, 0.3) is 10.9 Å². The summed E-state index contributed by atoms with van der Waals surface area (Å²) in [7, 11) is 3.00. The van der Waals surface area contributed by atoms with E-state index in [4.69, 9.17) is 24.3 Å². The van der Waals surface area contributed by atoms with E-state index in [-0.39, 0.29) is 35.4 Å². The molecule has 3 aromatic heterocycles. The van der Waals surface area contributed by atoms with Gasteiger partial charge in [-0.1, -0.05) is 37.5 Å². The topological polar surface area (TPSA) is 190 Å². The van der Waals surface area contributed by atoms with Crippen molar-refractivity contribution in [2.24, 2.45) is 23.2 Å². The summed E-state index contributed by atoms with van der Waals surface area (Å²) < 4.78 is 59.1. The van der Waals surface area contributed by atoms with Gasteiger partial charge in [0.25, 0.3) is 5.91 Å². The summed E-state index contributed by atoms with van der Waals surface area (Å²) >= 11 is 1.38. The van der Waals surface area contributed by atoms with E-state index in [9.17, 15) is 37.1 Å². The van der Waals surface area contributed by atoms with Gasteiger partial charge in [0, 0.05) is 48.7 Å². The highest BCUT2D eigenvalue weighted by Gasteiger charge is 2.46. The number of pyridine rings is 1. The molecule has 10 rings (SSSR count). The van der Waals surface area contributed by atoms with Crippen LogP contribution in [0.1, 0.15) is 186 Å². The number of carbonyl (C=O) groups is 5. The Labute approximate surface area is 500 Å². The molecule has 1 spiro atoms. The molecule has 2 saturated heterocycles. The molecule has 3 aliphatic carbocycles. The maximum Gasteiger partial charge on any atom is 0.433 e. The van der Waals surface area contributed by atoms with Crippen molar-refractivity contribution >= 4 is 57.5 Å². The van der Waals surface area contributed by atoms with Crippen LogP contribution in [0.4, 0.5) is 23.7 Å². The lowest BCUT2D eigenvalue weighted by Gasteiger charge is -2.53. The molecule has 2 N–H and O–H groups in total. The fraction of sp³-hybridized carbons (Fsp3) is 0.594. The van der Waals surface area contributed by atoms with Crippen molar-refractivity contribution in [3.63, 3.8) is 0 Å². The molecule has 5 heterocycles. The number of ketones is 1. The molecule has 2 aromatic carbocycles. The van der Waals surface area contributed by atoms with E-state index in [1.165, 1.54) is 62.1 Å². The van der Waals surface area contributed by atoms with Crippen LogP contribution in [0.2, 0.25) is 0 Å². The second-order valence-electron chi connectivity index (χ2n) is 25.6. The molecule has 3 atom stereocenters. The monoisotopic (exact) mass is 1190 g/mol. The van der Waals surface area contributed by atoms with Gasteiger partial charge in [-0.2, -0.15) is 18.3 Å². The van der Waals surface area contributed by atoms with Gasteiger partial charge in [-0.05, 0) is 184 Å². The first-order valence-corrected chi connectivity index (χ1v) is 31.4. The van der Waals surface area contributed by atoms with Crippen molar-refractivity contribution in [3.05, 3.63) is 93.8 Å². The van der Waals surface area contributed by atoms with Crippen LogP contribution in [0, 0.1) is 23.2 Å². The second-order valence-corrected chi connectivity index (χ2v) is 26.5. The van der Waals surface area contributed by atoms with Crippen molar-refractivity contribution in [2.45, 2.75) is 173 Å². The summed E-state index contributed by atoms with van der Waals surface area (Å²) in [5.41, 5.74) is 0.100. The molecule has 5 aromatic rings. The number of hydrogen-bond acceptors (Lipinski definition) is 13. The minimum atomic E-state index is -4.67. The summed E-state index contributed by atoms with van der Waals surface area (Å²) in [4.78, 5) is 82.2. The van der Waals surface area contributed by atoms with Crippen LogP contribution in [0.3, 0.4) is 0 Å². The Kier molecular flexibility index (Phi) is 18.9. The quantitative estimate of drug-likeness (QED) is 0.0588. The molecule has 85 heavy (non-hydrogen) atoms. The number of alkyl halides is 3. The number of benzene rings is 2. The minimum Gasteiger partial charge on any atom is -0.494 e. The number of methoxy groups -OCH3 is 1. The number of halogens is 3. The molecule has 2 aliphatic heterocycles. The molecule has 21 heteroatoms. The predicted molar refractivity (Wildman–Crippen MR) is 318 cm³/mol. The van der Waals surface area contributed by atoms with Crippen LogP contribution in [0.15, 0.2) is 66.2 Å². The molecule has 3 saturated carbocycles. The number of fused-ring (bicyclic) bond motifs is 1. The highest BCUT2D eigenvalue weighted by Crippen LogP contribution is 2.54. The Morgan fingerprint density at radius 1 is 0.859 bits per heavy atom. The number of rotatable bonds is 19. The average Bonchev–Trinajstić information content (AvgIpc) is 2.41. The Hall–Kier alpha value is -6.61. The first kappa shape index (κ1) is 61.5. The van der Waals surface area contributed by atoms with E-state index >= 15 is 0 Å². The molecular formula is C64H82F3N9O8S. The number of aromatic nitrogens is 4. The Morgan fingerprint density at radius 2 is 1.60 bits per heavy atom. The van der Waals surface area contributed by atoms with E-state index in [2.05, 4.69) is 20.5 Å². The van der Waals surface area contributed by atoms with Gasteiger partial charge in [0.1, 0.15) is 51.3 Å². The number of likely N-dealkylation sites (tertiary alicyclic amines) is 2. The number of thiazole rings is 1. The van der Waals surface area contributed by atoms with Crippen molar-refractivity contribution < 1.29 is 51.4 Å². The van der Waals surface area contributed by atoms with Gasteiger partial charge >= 0.3 is 12.3 Å². The third kappa shape index (κ3) is 14.8. The fourth-order valence-electron chi connectivity index (χ4n) is 13.6. The highest BCUT2D eigenvalue weighted by molar-refractivity contribution is 7.10. The molecule has 0 bridgehead atoms. The van der Waals surface area contributed by atoms with Gasteiger partial charge in [0.15, 0.2) is 0 Å². The number of hydrogen-bond donors (Lipinski definition) is 2. The first-order valence-electron chi connectivity index (χ1n) is 30.6. The van der Waals surface area contributed by atoms with Crippen molar-refractivity contribution in [1.29, 1.82) is 0 Å². The average molecular weight is 1190 g/mol. The minimum absolute atomic E-state index is 0.0288. The molecule has 5 fully saturated rings. The number of nitrogens with one attached hydrogen (secondary N) is 2. The van der Waals surface area contributed by atoms with E-state index in [1.54, 1.807) is 57.3 Å². The fourth-order valence-corrected chi connectivity index (χ4v) is 14.6. The van der Waals surface area contributed by atoms with Crippen LogP contribution in [-0.2, 0) is 20.5 Å². The molecule has 4 amide bonds. The van der Waals surface area contributed by atoms with Crippen molar-refractivity contribution in [3.8, 4) is 11.5 Å². The van der Waals surface area contributed by atoms with Crippen LogP contribution in [0.5, 0.6) is 11.5 Å². The molecular weight excluding hydrogens is 1110 g/mol. The zero-order valence-electron chi connectivity index (χ0n) is 49.9. The van der Waals surface area contributed by atoms with Crippen LogP contribution >= 0.6 is 11.3 Å².